The molecule has 0 spiro atoms. The molecule has 6 heteroatoms. The number of aromatic hydroxyl groups is 1. The van der Waals surface area contributed by atoms with Crippen LogP contribution >= 0.6 is 0 Å². The van der Waals surface area contributed by atoms with Crippen LogP contribution in [0.1, 0.15) is 53.9 Å². The first kappa shape index (κ1) is 16.5. The molecule has 0 aliphatic carbocycles. The van der Waals surface area contributed by atoms with E-state index in [1.807, 2.05) is 18.7 Å². The second-order valence-corrected chi connectivity index (χ2v) is 7.00. The first-order valence-electron chi connectivity index (χ1n) is 8.36. The Balaban J connectivity index is 1.92. The van der Waals surface area contributed by atoms with E-state index < -0.39 is 0 Å². The monoisotopic (exact) mass is 328 g/mol. The number of aromatic nitrogens is 3. The number of amides is 1. The predicted octanol–water partition coefficient (Wildman–Crippen LogP) is 2.84. The molecule has 3 rings (SSSR count). The normalized spacial score (nSPS) is 17.2. The zero-order valence-electron chi connectivity index (χ0n) is 14.7. The van der Waals surface area contributed by atoms with Gasteiger partial charge >= 0.3 is 0 Å². The van der Waals surface area contributed by atoms with E-state index in [2.05, 4.69) is 28.6 Å². The maximum atomic E-state index is 13.0. The molecular formula is C18H24N4O2. The fraction of sp³-hybridized carbons (Fsp3) is 0.500. The smallest absolute Gasteiger partial charge is 0.254 e. The Morgan fingerprint density at radius 3 is 2.79 bits per heavy atom. The number of aryl methyl sites for hydroxylation is 2. The van der Waals surface area contributed by atoms with Crippen LogP contribution in [0.25, 0.3) is 0 Å². The van der Waals surface area contributed by atoms with Crippen molar-refractivity contribution in [3.63, 3.8) is 0 Å². The fourth-order valence-electron chi connectivity index (χ4n) is 3.46. The highest BCUT2D eigenvalue weighted by atomic mass is 16.3. The maximum Gasteiger partial charge on any atom is 0.254 e. The fourth-order valence-corrected chi connectivity index (χ4v) is 3.46. The molecule has 1 amide bonds. The van der Waals surface area contributed by atoms with Gasteiger partial charge in [-0.05, 0) is 43.9 Å². The quantitative estimate of drug-likeness (QED) is 0.940. The highest BCUT2D eigenvalue weighted by Gasteiger charge is 2.31. The second-order valence-electron chi connectivity index (χ2n) is 7.00. The van der Waals surface area contributed by atoms with Crippen LogP contribution in [-0.2, 0) is 6.54 Å². The molecular weight excluding hydrogens is 304 g/mol. The van der Waals surface area contributed by atoms with Gasteiger partial charge in [-0.15, -0.1) is 10.2 Å². The molecule has 0 saturated carbocycles. The van der Waals surface area contributed by atoms with Crippen molar-refractivity contribution >= 4 is 5.91 Å². The molecule has 1 atom stereocenters. The second kappa shape index (κ2) is 6.26. The summed E-state index contributed by atoms with van der Waals surface area (Å²) in [6.45, 7) is 9.29. The van der Waals surface area contributed by atoms with Crippen LogP contribution in [0.2, 0.25) is 0 Å². The first-order chi connectivity index (χ1) is 11.4. The van der Waals surface area contributed by atoms with E-state index >= 15 is 0 Å². The van der Waals surface area contributed by atoms with Crippen molar-refractivity contribution in [1.29, 1.82) is 0 Å². The minimum Gasteiger partial charge on any atom is -0.508 e. The van der Waals surface area contributed by atoms with Crippen molar-refractivity contribution in [2.24, 2.45) is 5.92 Å². The number of nitrogens with zero attached hydrogens (tertiary/aromatic N) is 4. The lowest BCUT2D eigenvalue weighted by molar-refractivity contribution is 0.0659. The summed E-state index contributed by atoms with van der Waals surface area (Å²) in [6.07, 6.45) is 0.967. The van der Waals surface area contributed by atoms with Crippen LogP contribution in [0.3, 0.4) is 0 Å². The van der Waals surface area contributed by atoms with Gasteiger partial charge in [0.2, 0.25) is 0 Å². The summed E-state index contributed by atoms with van der Waals surface area (Å²) in [5, 5.41) is 18.2. The number of benzene rings is 1. The standard InChI is InChI=1S/C18H24N4O2/c1-11(2)7-14-9-21(10-17-20-19-13(4)22(14)17)18(24)16-8-15(23)6-5-12(16)3/h5-6,8,11,14,23H,7,9-10H2,1-4H3/t14-/m0/s1. The molecule has 0 unspecified atom stereocenters. The molecule has 1 aliphatic heterocycles. The summed E-state index contributed by atoms with van der Waals surface area (Å²) in [7, 11) is 0. The van der Waals surface area contributed by atoms with Crippen molar-refractivity contribution in [1.82, 2.24) is 19.7 Å². The lowest BCUT2D eigenvalue weighted by Gasteiger charge is -2.35. The topological polar surface area (TPSA) is 71.2 Å². The number of rotatable bonds is 3. The molecule has 1 aromatic heterocycles. The average Bonchev–Trinajstić information content (AvgIpc) is 2.90. The molecule has 1 aliphatic rings. The van der Waals surface area contributed by atoms with Gasteiger partial charge in [0.15, 0.2) is 5.82 Å². The van der Waals surface area contributed by atoms with Crippen LogP contribution < -0.4 is 0 Å². The van der Waals surface area contributed by atoms with Crippen molar-refractivity contribution in [3.05, 3.63) is 41.0 Å². The molecule has 6 nitrogen and oxygen atoms in total. The number of hydrogen-bond donors (Lipinski definition) is 1. The highest BCUT2D eigenvalue weighted by Crippen LogP contribution is 2.29. The van der Waals surface area contributed by atoms with Crippen LogP contribution in [0.4, 0.5) is 0 Å². The number of carbonyl (C=O) groups excluding carboxylic acids is 1. The van der Waals surface area contributed by atoms with Gasteiger partial charge < -0.3 is 14.6 Å². The molecule has 128 valence electrons. The Morgan fingerprint density at radius 2 is 2.08 bits per heavy atom. The Hall–Kier alpha value is -2.37. The third kappa shape index (κ3) is 3.00. The van der Waals surface area contributed by atoms with Crippen molar-refractivity contribution in [3.8, 4) is 5.75 Å². The molecule has 2 heterocycles. The largest absolute Gasteiger partial charge is 0.508 e. The van der Waals surface area contributed by atoms with E-state index in [1.54, 1.807) is 18.2 Å². The van der Waals surface area contributed by atoms with Gasteiger partial charge in [-0.25, -0.2) is 0 Å². The van der Waals surface area contributed by atoms with Gasteiger partial charge in [-0.3, -0.25) is 4.79 Å². The maximum absolute atomic E-state index is 13.0. The summed E-state index contributed by atoms with van der Waals surface area (Å²) in [5.74, 6) is 2.29. The van der Waals surface area contributed by atoms with Crippen LogP contribution in [0, 0.1) is 19.8 Å². The Labute approximate surface area is 142 Å². The van der Waals surface area contributed by atoms with Crippen LogP contribution in [-0.4, -0.2) is 37.2 Å². The van der Waals surface area contributed by atoms with E-state index in [-0.39, 0.29) is 17.7 Å². The van der Waals surface area contributed by atoms with Gasteiger partial charge in [0, 0.05) is 12.1 Å². The Morgan fingerprint density at radius 1 is 1.33 bits per heavy atom. The molecule has 24 heavy (non-hydrogen) atoms. The van der Waals surface area contributed by atoms with E-state index in [4.69, 9.17) is 0 Å². The molecule has 0 radical (unpaired) electrons. The minimum absolute atomic E-state index is 0.0657. The van der Waals surface area contributed by atoms with Crippen LogP contribution in [0.5, 0.6) is 5.75 Å². The minimum atomic E-state index is -0.0657. The number of fused-ring (bicyclic) bond motifs is 1. The first-order valence-corrected chi connectivity index (χ1v) is 8.36. The zero-order valence-corrected chi connectivity index (χ0v) is 14.7. The molecule has 2 aromatic rings. The molecule has 1 aromatic carbocycles. The molecule has 1 N–H and O–H groups in total. The van der Waals surface area contributed by atoms with Gasteiger partial charge in [0.1, 0.15) is 11.6 Å². The van der Waals surface area contributed by atoms with Gasteiger partial charge in [-0.2, -0.15) is 0 Å². The van der Waals surface area contributed by atoms with Crippen LogP contribution in [0.15, 0.2) is 18.2 Å². The van der Waals surface area contributed by atoms with E-state index in [9.17, 15) is 9.90 Å². The van der Waals surface area contributed by atoms with Gasteiger partial charge in [0.05, 0.1) is 12.6 Å². The van der Waals surface area contributed by atoms with Crippen molar-refractivity contribution < 1.29 is 9.90 Å². The van der Waals surface area contributed by atoms with Gasteiger partial charge in [-0.1, -0.05) is 19.9 Å². The van der Waals surface area contributed by atoms with E-state index in [0.717, 1.165) is 23.6 Å². The van der Waals surface area contributed by atoms with E-state index in [0.29, 0.717) is 24.6 Å². The predicted molar refractivity (Wildman–Crippen MR) is 90.8 cm³/mol. The summed E-state index contributed by atoms with van der Waals surface area (Å²) < 4.78 is 2.17. The SMILES string of the molecule is Cc1ccc(O)cc1C(=O)N1Cc2nnc(C)n2[C@@H](CC(C)C)C1. The Bertz CT molecular complexity index is 766. The number of phenolic OH excluding ortho intramolecular Hbond substituents is 1. The van der Waals surface area contributed by atoms with E-state index in [1.165, 1.54) is 0 Å². The number of carbonyl (C=O) groups is 1. The summed E-state index contributed by atoms with van der Waals surface area (Å²) in [6, 6.07) is 5.10. The summed E-state index contributed by atoms with van der Waals surface area (Å²) in [4.78, 5) is 14.8. The summed E-state index contributed by atoms with van der Waals surface area (Å²) in [5.41, 5.74) is 1.41. The summed E-state index contributed by atoms with van der Waals surface area (Å²) >= 11 is 0. The Kier molecular flexibility index (Phi) is 4.30. The lowest BCUT2D eigenvalue weighted by Crippen LogP contribution is -2.42. The van der Waals surface area contributed by atoms with Crippen molar-refractivity contribution in [2.45, 2.75) is 46.7 Å². The molecule has 0 saturated heterocycles. The van der Waals surface area contributed by atoms with Crippen molar-refractivity contribution in [2.75, 3.05) is 6.54 Å². The van der Waals surface area contributed by atoms with Gasteiger partial charge in [0.25, 0.3) is 5.91 Å². The third-order valence-electron chi connectivity index (χ3n) is 4.55. The lowest BCUT2D eigenvalue weighted by atomic mass is 10.00. The molecule has 0 fully saturated rings. The zero-order chi connectivity index (χ0) is 17.4. The number of hydrogen-bond acceptors (Lipinski definition) is 4. The third-order valence-corrected chi connectivity index (χ3v) is 4.55. The average molecular weight is 328 g/mol. The highest BCUT2D eigenvalue weighted by molar-refractivity contribution is 5.96. The molecule has 0 bridgehead atoms. The number of phenols is 1.